The van der Waals surface area contributed by atoms with Crippen molar-refractivity contribution in [3.63, 3.8) is 0 Å². The largest absolute Gasteiger partial charge is 0.329 e. The molecule has 0 saturated heterocycles. The van der Waals surface area contributed by atoms with Crippen molar-refractivity contribution in [1.29, 1.82) is 0 Å². The molecule has 0 aliphatic carbocycles. The van der Waals surface area contributed by atoms with Crippen molar-refractivity contribution in [2.24, 2.45) is 11.1 Å². The van der Waals surface area contributed by atoms with Crippen molar-refractivity contribution in [3.8, 4) is 0 Å². The lowest BCUT2D eigenvalue weighted by Crippen LogP contribution is -2.39. The van der Waals surface area contributed by atoms with Crippen molar-refractivity contribution >= 4 is 0 Å². The Balaban J connectivity index is 3.52. The second-order valence-corrected chi connectivity index (χ2v) is 4.04. The van der Waals surface area contributed by atoms with E-state index in [1.165, 1.54) is 6.42 Å². The van der Waals surface area contributed by atoms with E-state index in [2.05, 4.69) is 33.0 Å². The second-order valence-electron chi connectivity index (χ2n) is 4.04. The van der Waals surface area contributed by atoms with Crippen LogP contribution in [0.1, 0.15) is 34.1 Å². The summed E-state index contributed by atoms with van der Waals surface area (Å²) in [6, 6.07) is 0.445. The van der Waals surface area contributed by atoms with Crippen molar-refractivity contribution in [2.75, 3.05) is 13.1 Å². The summed E-state index contributed by atoms with van der Waals surface area (Å²) in [6.45, 7) is 10.6. The predicted octanol–water partition coefficient (Wildman–Crippen LogP) is 1.36. The van der Waals surface area contributed by atoms with Crippen LogP contribution in [0.2, 0.25) is 0 Å². The van der Waals surface area contributed by atoms with Gasteiger partial charge in [-0.2, -0.15) is 0 Å². The maximum absolute atomic E-state index is 5.48. The highest BCUT2D eigenvalue weighted by atomic mass is 14.9. The Kier molecular flexibility index (Phi) is 4.69. The lowest BCUT2D eigenvalue weighted by molar-refractivity contribution is 0.314. The average molecular weight is 158 g/mol. The SMILES string of the molecule is CCC(C)(C)CN[C@@H](C)CN. The maximum atomic E-state index is 5.48. The van der Waals surface area contributed by atoms with E-state index >= 15 is 0 Å². The Morgan fingerprint density at radius 1 is 1.45 bits per heavy atom. The molecule has 0 aromatic heterocycles. The Morgan fingerprint density at radius 3 is 2.36 bits per heavy atom. The number of hydrogen-bond acceptors (Lipinski definition) is 2. The van der Waals surface area contributed by atoms with E-state index in [4.69, 9.17) is 5.73 Å². The molecule has 2 nitrogen and oxygen atoms in total. The molecule has 68 valence electrons. The minimum Gasteiger partial charge on any atom is -0.329 e. The van der Waals surface area contributed by atoms with E-state index < -0.39 is 0 Å². The normalized spacial score (nSPS) is 15.0. The van der Waals surface area contributed by atoms with E-state index in [0.717, 1.165) is 13.1 Å². The molecule has 1 atom stereocenters. The first-order valence-corrected chi connectivity index (χ1v) is 4.45. The van der Waals surface area contributed by atoms with Gasteiger partial charge in [0, 0.05) is 19.1 Å². The average Bonchev–Trinajstić information content (AvgIpc) is 2.00. The minimum atomic E-state index is 0.406. The Bertz CT molecular complexity index is 99.7. The molecule has 0 amide bonds. The van der Waals surface area contributed by atoms with Crippen LogP contribution >= 0.6 is 0 Å². The smallest absolute Gasteiger partial charge is 0.0162 e. The third kappa shape index (κ3) is 5.22. The molecule has 0 aliphatic heterocycles. The third-order valence-corrected chi connectivity index (χ3v) is 2.24. The summed E-state index contributed by atoms with van der Waals surface area (Å²) >= 11 is 0. The Morgan fingerprint density at radius 2 is 2.00 bits per heavy atom. The summed E-state index contributed by atoms with van der Waals surface area (Å²) in [5, 5.41) is 3.40. The highest BCUT2D eigenvalue weighted by Crippen LogP contribution is 2.17. The first-order valence-electron chi connectivity index (χ1n) is 4.45. The van der Waals surface area contributed by atoms with Gasteiger partial charge in [0.25, 0.3) is 0 Å². The molecule has 0 aliphatic rings. The molecule has 0 radical (unpaired) electrons. The minimum absolute atomic E-state index is 0.406. The molecule has 0 rings (SSSR count). The fourth-order valence-corrected chi connectivity index (χ4v) is 0.659. The summed E-state index contributed by atoms with van der Waals surface area (Å²) in [5.74, 6) is 0. The molecule has 0 unspecified atom stereocenters. The van der Waals surface area contributed by atoms with Crippen LogP contribution in [0.4, 0.5) is 0 Å². The summed E-state index contributed by atoms with van der Waals surface area (Å²) in [6.07, 6.45) is 1.21. The van der Waals surface area contributed by atoms with Gasteiger partial charge in [0.1, 0.15) is 0 Å². The monoisotopic (exact) mass is 158 g/mol. The molecule has 0 aromatic rings. The van der Waals surface area contributed by atoms with Crippen LogP contribution in [0.3, 0.4) is 0 Å². The van der Waals surface area contributed by atoms with Crippen LogP contribution in [-0.4, -0.2) is 19.1 Å². The van der Waals surface area contributed by atoms with Crippen LogP contribution in [0, 0.1) is 5.41 Å². The Labute approximate surface area is 70.5 Å². The van der Waals surface area contributed by atoms with Gasteiger partial charge in [-0.05, 0) is 18.8 Å². The van der Waals surface area contributed by atoms with E-state index in [1.54, 1.807) is 0 Å². The van der Waals surface area contributed by atoms with Gasteiger partial charge in [-0.3, -0.25) is 0 Å². The molecule has 3 N–H and O–H groups in total. The molecular weight excluding hydrogens is 136 g/mol. The molecule has 0 bridgehead atoms. The van der Waals surface area contributed by atoms with Gasteiger partial charge in [-0.25, -0.2) is 0 Å². The van der Waals surface area contributed by atoms with Crippen LogP contribution < -0.4 is 11.1 Å². The lowest BCUT2D eigenvalue weighted by atomic mass is 9.90. The van der Waals surface area contributed by atoms with Gasteiger partial charge in [0.2, 0.25) is 0 Å². The quantitative estimate of drug-likeness (QED) is 0.634. The predicted molar refractivity (Wildman–Crippen MR) is 50.6 cm³/mol. The topological polar surface area (TPSA) is 38.0 Å². The summed E-state index contributed by atoms with van der Waals surface area (Å²) in [5.41, 5.74) is 5.89. The van der Waals surface area contributed by atoms with Crippen LogP contribution in [0.25, 0.3) is 0 Å². The van der Waals surface area contributed by atoms with Gasteiger partial charge in [0.15, 0.2) is 0 Å². The zero-order chi connectivity index (χ0) is 8.91. The van der Waals surface area contributed by atoms with Gasteiger partial charge in [-0.1, -0.05) is 20.8 Å². The zero-order valence-corrected chi connectivity index (χ0v) is 8.28. The zero-order valence-electron chi connectivity index (χ0n) is 8.28. The van der Waals surface area contributed by atoms with E-state index in [0.29, 0.717) is 11.5 Å². The molecule has 0 saturated carbocycles. The second kappa shape index (κ2) is 4.73. The van der Waals surface area contributed by atoms with Crippen LogP contribution in [0.5, 0.6) is 0 Å². The van der Waals surface area contributed by atoms with Crippen molar-refractivity contribution < 1.29 is 0 Å². The number of nitrogens with one attached hydrogen (secondary N) is 1. The van der Waals surface area contributed by atoms with E-state index in [-0.39, 0.29) is 0 Å². The number of rotatable bonds is 5. The molecule has 11 heavy (non-hydrogen) atoms. The lowest BCUT2D eigenvalue weighted by Gasteiger charge is -2.25. The van der Waals surface area contributed by atoms with Gasteiger partial charge in [-0.15, -0.1) is 0 Å². The third-order valence-electron chi connectivity index (χ3n) is 2.24. The summed E-state index contributed by atoms with van der Waals surface area (Å²) in [4.78, 5) is 0. The van der Waals surface area contributed by atoms with Crippen LogP contribution in [-0.2, 0) is 0 Å². The number of nitrogens with two attached hydrogens (primary N) is 1. The highest BCUT2D eigenvalue weighted by Gasteiger charge is 2.14. The fourth-order valence-electron chi connectivity index (χ4n) is 0.659. The summed E-state index contributed by atoms with van der Waals surface area (Å²) in [7, 11) is 0. The van der Waals surface area contributed by atoms with Crippen molar-refractivity contribution in [3.05, 3.63) is 0 Å². The number of hydrogen-bond donors (Lipinski definition) is 2. The standard InChI is InChI=1S/C9H22N2/c1-5-9(3,4)7-11-8(2)6-10/h8,11H,5-7,10H2,1-4H3/t8-/m0/s1. The summed E-state index contributed by atoms with van der Waals surface area (Å²) < 4.78 is 0. The van der Waals surface area contributed by atoms with E-state index in [1.807, 2.05) is 0 Å². The van der Waals surface area contributed by atoms with E-state index in [9.17, 15) is 0 Å². The highest BCUT2D eigenvalue weighted by molar-refractivity contribution is 4.72. The molecule has 0 spiro atoms. The molecule has 0 aromatic carbocycles. The Hall–Kier alpha value is -0.0800. The van der Waals surface area contributed by atoms with Crippen molar-refractivity contribution in [2.45, 2.75) is 40.2 Å². The molecule has 0 fully saturated rings. The van der Waals surface area contributed by atoms with Gasteiger partial charge < -0.3 is 11.1 Å². The first-order chi connectivity index (χ1) is 5.02. The van der Waals surface area contributed by atoms with Crippen molar-refractivity contribution in [1.82, 2.24) is 5.32 Å². The molecular formula is C9H22N2. The van der Waals surface area contributed by atoms with Gasteiger partial charge in [0.05, 0.1) is 0 Å². The first kappa shape index (κ1) is 10.9. The van der Waals surface area contributed by atoms with Crippen LogP contribution in [0.15, 0.2) is 0 Å². The van der Waals surface area contributed by atoms with Gasteiger partial charge >= 0.3 is 0 Å². The maximum Gasteiger partial charge on any atom is 0.0162 e. The fraction of sp³-hybridized carbons (Fsp3) is 1.00. The molecule has 2 heteroatoms. The molecule has 0 heterocycles.